The molecule has 0 saturated carbocycles. The van der Waals surface area contributed by atoms with Gasteiger partial charge in [0.25, 0.3) is 0 Å². The molecule has 0 aliphatic heterocycles. The standard InChI is InChI=1S/C14H12ClN3.C2H6/c1-9-3-5-13(15)12(7-9)11-4-6-14-16-10(2)17-18(14)8-11;1-2/h3-8H,1-2H3;1-2H3. The molecule has 0 bridgehead atoms. The van der Waals surface area contributed by atoms with Gasteiger partial charge in [-0.1, -0.05) is 37.1 Å². The molecule has 0 fully saturated rings. The van der Waals surface area contributed by atoms with E-state index in [4.69, 9.17) is 11.6 Å². The molecule has 0 unspecified atom stereocenters. The maximum absolute atomic E-state index is 6.24. The Hall–Kier alpha value is -1.87. The van der Waals surface area contributed by atoms with Crippen molar-refractivity contribution in [3.8, 4) is 11.1 Å². The summed E-state index contributed by atoms with van der Waals surface area (Å²) >= 11 is 6.24. The number of benzene rings is 1. The van der Waals surface area contributed by atoms with E-state index in [1.807, 2.05) is 51.2 Å². The van der Waals surface area contributed by atoms with E-state index in [1.54, 1.807) is 4.52 Å². The molecular formula is C16H18ClN3. The molecule has 0 aliphatic rings. The highest BCUT2D eigenvalue weighted by molar-refractivity contribution is 6.33. The molecule has 3 aromatic rings. The lowest BCUT2D eigenvalue weighted by Gasteiger charge is -2.06. The van der Waals surface area contributed by atoms with Crippen molar-refractivity contribution in [3.05, 3.63) is 52.9 Å². The van der Waals surface area contributed by atoms with E-state index in [2.05, 4.69) is 23.1 Å². The van der Waals surface area contributed by atoms with Gasteiger partial charge in [-0.05, 0) is 38.1 Å². The second kappa shape index (κ2) is 6.06. The van der Waals surface area contributed by atoms with Crippen LogP contribution in [0.25, 0.3) is 16.8 Å². The Morgan fingerprint density at radius 2 is 1.80 bits per heavy atom. The molecule has 20 heavy (non-hydrogen) atoms. The van der Waals surface area contributed by atoms with E-state index < -0.39 is 0 Å². The topological polar surface area (TPSA) is 30.2 Å². The molecule has 0 amide bonds. The number of halogens is 1. The molecule has 0 N–H and O–H groups in total. The Kier molecular flexibility index (Phi) is 4.40. The number of fused-ring (bicyclic) bond motifs is 1. The summed E-state index contributed by atoms with van der Waals surface area (Å²) < 4.78 is 1.78. The van der Waals surface area contributed by atoms with Crippen molar-refractivity contribution in [1.82, 2.24) is 14.6 Å². The van der Waals surface area contributed by atoms with E-state index in [9.17, 15) is 0 Å². The van der Waals surface area contributed by atoms with E-state index in [1.165, 1.54) is 5.56 Å². The first kappa shape index (κ1) is 14.5. The molecule has 4 heteroatoms. The lowest BCUT2D eigenvalue weighted by molar-refractivity contribution is 0.932. The molecule has 3 nitrogen and oxygen atoms in total. The van der Waals surface area contributed by atoms with Crippen LogP contribution < -0.4 is 0 Å². The van der Waals surface area contributed by atoms with Crippen molar-refractivity contribution < 1.29 is 0 Å². The maximum Gasteiger partial charge on any atom is 0.155 e. The first-order valence-corrected chi connectivity index (χ1v) is 7.11. The Morgan fingerprint density at radius 3 is 2.55 bits per heavy atom. The van der Waals surface area contributed by atoms with Crippen LogP contribution in [0.2, 0.25) is 5.02 Å². The van der Waals surface area contributed by atoms with Crippen LogP contribution in [0.3, 0.4) is 0 Å². The molecule has 3 rings (SSSR count). The fourth-order valence-electron chi connectivity index (χ4n) is 2.01. The van der Waals surface area contributed by atoms with Gasteiger partial charge < -0.3 is 0 Å². The average molecular weight is 288 g/mol. The van der Waals surface area contributed by atoms with Crippen LogP contribution in [0.5, 0.6) is 0 Å². The largest absolute Gasteiger partial charge is 0.220 e. The Balaban J connectivity index is 0.000000704. The second-order valence-corrected chi connectivity index (χ2v) is 4.77. The van der Waals surface area contributed by atoms with E-state index in [0.717, 1.165) is 27.6 Å². The SMILES string of the molecule is CC.Cc1ccc(Cl)c(-c2ccc3nc(C)nn3c2)c1. The second-order valence-electron chi connectivity index (χ2n) is 4.36. The third-order valence-corrected chi connectivity index (χ3v) is 3.20. The third kappa shape index (κ3) is 2.83. The van der Waals surface area contributed by atoms with Crippen LogP contribution in [0.1, 0.15) is 25.2 Å². The highest BCUT2D eigenvalue weighted by Gasteiger charge is 2.06. The normalized spacial score (nSPS) is 10.2. The van der Waals surface area contributed by atoms with Crippen molar-refractivity contribution in [3.63, 3.8) is 0 Å². The van der Waals surface area contributed by atoms with Gasteiger partial charge in [0.15, 0.2) is 5.65 Å². The van der Waals surface area contributed by atoms with Crippen LogP contribution >= 0.6 is 11.6 Å². The summed E-state index contributed by atoms with van der Waals surface area (Å²) in [5, 5.41) is 5.06. The summed E-state index contributed by atoms with van der Waals surface area (Å²) in [5.74, 6) is 0.766. The molecule has 1 aromatic carbocycles. The minimum atomic E-state index is 0.747. The Labute approximate surface area is 124 Å². The van der Waals surface area contributed by atoms with Gasteiger partial charge in [0.1, 0.15) is 5.82 Å². The van der Waals surface area contributed by atoms with Crippen molar-refractivity contribution in [2.75, 3.05) is 0 Å². The van der Waals surface area contributed by atoms with Crippen LogP contribution in [0.15, 0.2) is 36.5 Å². The zero-order valence-corrected chi connectivity index (χ0v) is 12.9. The van der Waals surface area contributed by atoms with Gasteiger partial charge in [0.2, 0.25) is 0 Å². The maximum atomic E-state index is 6.24. The van der Waals surface area contributed by atoms with E-state index >= 15 is 0 Å². The number of rotatable bonds is 1. The van der Waals surface area contributed by atoms with Crippen LogP contribution in [-0.4, -0.2) is 14.6 Å². The predicted molar refractivity (Wildman–Crippen MR) is 84.3 cm³/mol. The number of hydrogen-bond acceptors (Lipinski definition) is 2. The van der Waals surface area contributed by atoms with Gasteiger partial charge in [-0.25, -0.2) is 9.50 Å². The Bertz CT molecular complexity index is 732. The first-order valence-electron chi connectivity index (χ1n) is 6.73. The van der Waals surface area contributed by atoms with Gasteiger partial charge in [0.05, 0.1) is 0 Å². The summed E-state index contributed by atoms with van der Waals surface area (Å²) in [7, 11) is 0. The summed E-state index contributed by atoms with van der Waals surface area (Å²) in [6, 6.07) is 9.97. The van der Waals surface area contributed by atoms with Gasteiger partial charge in [-0.15, -0.1) is 0 Å². The zero-order valence-electron chi connectivity index (χ0n) is 12.2. The molecule has 2 heterocycles. The molecule has 2 aromatic heterocycles. The average Bonchev–Trinajstić information content (AvgIpc) is 2.83. The molecule has 104 valence electrons. The fourth-order valence-corrected chi connectivity index (χ4v) is 2.24. The lowest BCUT2D eigenvalue weighted by atomic mass is 10.1. The zero-order chi connectivity index (χ0) is 14.7. The number of pyridine rings is 1. The summed E-state index contributed by atoms with van der Waals surface area (Å²) in [6.07, 6.45) is 1.95. The van der Waals surface area contributed by atoms with Crippen molar-refractivity contribution in [1.29, 1.82) is 0 Å². The van der Waals surface area contributed by atoms with Crippen molar-refractivity contribution >= 4 is 17.2 Å². The smallest absolute Gasteiger partial charge is 0.155 e. The fraction of sp³-hybridized carbons (Fsp3) is 0.250. The molecular weight excluding hydrogens is 270 g/mol. The molecule has 0 atom stereocenters. The minimum absolute atomic E-state index is 0.747. The highest BCUT2D eigenvalue weighted by Crippen LogP contribution is 2.28. The van der Waals surface area contributed by atoms with Crippen LogP contribution in [0, 0.1) is 13.8 Å². The first-order chi connectivity index (χ1) is 9.63. The van der Waals surface area contributed by atoms with Crippen molar-refractivity contribution in [2.45, 2.75) is 27.7 Å². The van der Waals surface area contributed by atoms with E-state index in [-0.39, 0.29) is 0 Å². The van der Waals surface area contributed by atoms with Gasteiger partial charge in [0, 0.05) is 22.3 Å². The molecule has 0 radical (unpaired) electrons. The summed E-state index contributed by atoms with van der Waals surface area (Å²) in [6.45, 7) is 7.93. The molecule has 0 saturated heterocycles. The van der Waals surface area contributed by atoms with Crippen LogP contribution in [-0.2, 0) is 0 Å². The number of aryl methyl sites for hydroxylation is 2. The number of hydrogen-bond donors (Lipinski definition) is 0. The number of nitrogens with zero attached hydrogens (tertiary/aromatic N) is 3. The van der Waals surface area contributed by atoms with Crippen LogP contribution in [0.4, 0.5) is 0 Å². The van der Waals surface area contributed by atoms with Gasteiger partial charge in [-0.3, -0.25) is 0 Å². The Morgan fingerprint density at radius 1 is 1.05 bits per heavy atom. The molecule has 0 spiro atoms. The summed E-state index contributed by atoms with van der Waals surface area (Å²) in [4.78, 5) is 4.31. The highest BCUT2D eigenvalue weighted by atomic mass is 35.5. The minimum Gasteiger partial charge on any atom is -0.220 e. The van der Waals surface area contributed by atoms with Crippen molar-refractivity contribution in [2.24, 2.45) is 0 Å². The van der Waals surface area contributed by atoms with E-state index in [0.29, 0.717) is 0 Å². The predicted octanol–water partition coefficient (Wildman–Crippen LogP) is 4.69. The number of aromatic nitrogens is 3. The van der Waals surface area contributed by atoms with Gasteiger partial charge in [-0.2, -0.15) is 5.10 Å². The monoisotopic (exact) mass is 287 g/mol. The molecule has 0 aliphatic carbocycles. The third-order valence-electron chi connectivity index (χ3n) is 2.87. The summed E-state index contributed by atoms with van der Waals surface area (Å²) in [5.41, 5.74) is 4.09. The lowest BCUT2D eigenvalue weighted by Crippen LogP contribution is -1.89. The quantitative estimate of drug-likeness (QED) is 0.650. The van der Waals surface area contributed by atoms with Gasteiger partial charge >= 0.3 is 0 Å².